The van der Waals surface area contributed by atoms with Crippen LogP contribution in [0.1, 0.15) is 24.4 Å². The van der Waals surface area contributed by atoms with E-state index in [4.69, 9.17) is 0 Å². The van der Waals surface area contributed by atoms with Crippen LogP contribution in [0.5, 0.6) is 0 Å². The summed E-state index contributed by atoms with van der Waals surface area (Å²) < 4.78 is 26.6. The zero-order chi connectivity index (χ0) is 11.5. The Morgan fingerprint density at radius 1 is 1.38 bits per heavy atom. The summed E-state index contributed by atoms with van der Waals surface area (Å²) >= 11 is 0. The first kappa shape index (κ1) is 11.5. The molecule has 1 aliphatic rings. The number of likely N-dealkylation sites (N-methyl/N-ethyl adjacent to an activating group) is 1. The number of benzene rings is 1. The van der Waals surface area contributed by atoms with Gasteiger partial charge in [0, 0.05) is 24.2 Å². The fourth-order valence-electron chi connectivity index (χ4n) is 1.72. The molecule has 2 rings (SSSR count). The summed E-state index contributed by atoms with van der Waals surface area (Å²) in [6.07, 6.45) is 2.37. The Bertz CT molecular complexity index is 364. The fraction of sp³-hybridized carbons (Fsp3) is 0.500. The molecule has 0 heterocycles. The topological polar surface area (TPSA) is 24.1 Å². The van der Waals surface area contributed by atoms with Gasteiger partial charge in [0.15, 0.2) is 0 Å². The molecule has 1 atom stereocenters. The Morgan fingerprint density at radius 3 is 2.75 bits per heavy atom. The summed E-state index contributed by atoms with van der Waals surface area (Å²) in [7, 11) is 1.75. The Hall–Kier alpha value is -1.00. The van der Waals surface area contributed by atoms with Gasteiger partial charge in [0.25, 0.3) is 0 Å². The molecule has 0 radical (unpaired) electrons. The van der Waals surface area contributed by atoms with E-state index in [1.165, 1.54) is 25.0 Å². The molecule has 4 heteroatoms. The lowest BCUT2D eigenvalue weighted by atomic mass is 10.1. The second kappa shape index (κ2) is 4.89. The lowest BCUT2D eigenvalue weighted by Gasteiger charge is -2.18. The first-order valence-electron chi connectivity index (χ1n) is 5.56. The average molecular weight is 226 g/mol. The van der Waals surface area contributed by atoms with Crippen molar-refractivity contribution in [1.29, 1.82) is 0 Å². The third-order valence-corrected chi connectivity index (χ3v) is 2.87. The maximum Gasteiger partial charge on any atom is 0.128 e. The van der Waals surface area contributed by atoms with E-state index >= 15 is 0 Å². The molecule has 1 aromatic carbocycles. The van der Waals surface area contributed by atoms with Gasteiger partial charge in [-0.25, -0.2) is 8.78 Å². The quantitative estimate of drug-likeness (QED) is 0.802. The first-order chi connectivity index (χ1) is 7.70. The lowest BCUT2D eigenvalue weighted by molar-refractivity contribution is 0.490. The summed E-state index contributed by atoms with van der Waals surface area (Å²) in [6.45, 7) is 0.627. The number of rotatable bonds is 5. The number of hydrogen-bond acceptors (Lipinski definition) is 2. The number of hydrogen-bond donors (Lipinski definition) is 2. The monoisotopic (exact) mass is 226 g/mol. The minimum Gasteiger partial charge on any atom is -0.312 e. The van der Waals surface area contributed by atoms with E-state index in [0.717, 1.165) is 6.07 Å². The Labute approximate surface area is 94.0 Å². The molecule has 0 aliphatic heterocycles. The van der Waals surface area contributed by atoms with E-state index in [0.29, 0.717) is 18.2 Å². The normalized spacial score (nSPS) is 17.4. The van der Waals surface area contributed by atoms with Crippen LogP contribution >= 0.6 is 0 Å². The van der Waals surface area contributed by atoms with Gasteiger partial charge in [-0.3, -0.25) is 0 Å². The van der Waals surface area contributed by atoms with Crippen molar-refractivity contribution >= 4 is 0 Å². The molecular weight excluding hydrogens is 210 g/mol. The molecule has 0 spiro atoms. The highest BCUT2D eigenvalue weighted by atomic mass is 19.1. The first-order valence-corrected chi connectivity index (χ1v) is 5.56. The van der Waals surface area contributed by atoms with Crippen LogP contribution in [0.3, 0.4) is 0 Å². The van der Waals surface area contributed by atoms with Gasteiger partial charge in [0.1, 0.15) is 11.6 Å². The van der Waals surface area contributed by atoms with Gasteiger partial charge in [0.2, 0.25) is 0 Å². The molecule has 1 saturated carbocycles. The Morgan fingerprint density at radius 2 is 2.12 bits per heavy atom. The van der Waals surface area contributed by atoms with Crippen molar-refractivity contribution in [1.82, 2.24) is 10.6 Å². The zero-order valence-corrected chi connectivity index (χ0v) is 9.26. The van der Waals surface area contributed by atoms with Crippen LogP contribution in [0.15, 0.2) is 18.2 Å². The molecule has 0 saturated heterocycles. The Kier molecular flexibility index (Phi) is 3.51. The van der Waals surface area contributed by atoms with E-state index in [-0.39, 0.29) is 11.9 Å². The molecule has 0 aromatic heterocycles. The molecule has 1 unspecified atom stereocenters. The van der Waals surface area contributed by atoms with E-state index < -0.39 is 5.82 Å². The van der Waals surface area contributed by atoms with Crippen LogP contribution in [0, 0.1) is 11.6 Å². The van der Waals surface area contributed by atoms with E-state index in [9.17, 15) is 8.78 Å². The van der Waals surface area contributed by atoms with Gasteiger partial charge in [-0.2, -0.15) is 0 Å². The van der Waals surface area contributed by atoms with Crippen molar-refractivity contribution in [3.05, 3.63) is 35.4 Å². The predicted octanol–water partition coefficient (Wildman–Crippen LogP) is 1.98. The molecule has 2 nitrogen and oxygen atoms in total. The summed E-state index contributed by atoms with van der Waals surface area (Å²) in [5, 5.41) is 6.30. The molecule has 1 aliphatic carbocycles. The van der Waals surface area contributed by atoms with Crippen LogP contribution in [0.4, 0.5) is 8.78 Å². The number of nitrogens with one attached hydrogen (secondary N) is 2. The van der Waals surface area contributed by atoms with E-state index in [1.807, 2.05) is 0 Å². The zero-order valence-electron chi connectivity index (χ0n) is 9.26. The second-order valence-corrected chi connectivity index (χ2v) is 4.19. The average Bonchev–Trinajstić information content (AvgIpc) is 3.07. The third kappa shape index (κ3) is 2.77. The van der Waals surface area contributed by atoms with Gasteiger partial charge in [-0.15, -0.1) is 0 Å². The van der Waals surface area contributed by atoms with Crippen LogP contribution in [0.25, 0.3) is 0 Å². The highest BCUT2D eigenvalue weighted by Crippen LogP contribution is 2.22. The van der Waals surface area contributed by atoms with Crippen molar-refractivity contribution in [3.8, 4) is 0 Å². The second-order valence-electron chi connectivity index (χ2n) is 4.19. The smallest absolute Gasteiger partial charge is 0.128 e. The molecule has 1 aromatic rings. The molecule has 16 heavy (non-hydrogen) atoms. The van der Waals surface area contributed by atoms with Crippen molar-refractivity contribution in [2.75, 3.05) is 13.6 Å². The van der Waals surface area contributed by atoms with Crippen molar-refractivity contribution < 1.29 is 8.78 Å². The summed E-state index contributed by atoms with van der Waals surface area (Å²) in [5.74, 6) is -0.763. The molecule has 2 N–H and O–H groups in total. The van der Waals surface area contributed by atoms with Gasteiger partial charge < -0.3 is 10.6 Å². The van der Waals surface area contributed by atoms with Crippen LogP contribution in [-0.4, -0.2) is 19.6 Å². The standard InChI is InChI=1S/C12H16F2N2/c1-15-12(7-16-9-3-4-9)10-6-8(13)2-5-11(10)14/h2,5-6,9,12,15-16H,3-4,7H2,1H3. The fourth-order valence-corrected chi connectivity index (χ4v) is 1.72. The molecule has 0 bridgehead atoms. The molecule has 1 fully saturated rings. The minimum atomic E-state index is -0.400. The maximum atomic E-state index is 13.5. The highest BCUT2D eigenvalue weighted by Gasteiger charge is 2.23. The summed E-state index contributed by atoms with van der Waals surface area (Å²) in [6, 6.07) is 3.95. The minimum absolute atomic E-state index is 0.184. The van der Waals surface area contributed by atoms with Crippen LogP contribution < -0.4 is 10.6 Å². The third-order valence-electron chi connectivity index (χ3n) is 2.87. The van der Waals surface area contributed by atoms with Crippen LogP contribution in [0.2, 0.25) is 0 Å². The molecule has 0 amide bonds. The SMILES string of the molecule is CNC(CNC1CC1)c1cc(F)ccc1F. The summed E-state index contributed by atoms with van der Waals surface area (Å²) in [5.41, 5.74) is 0.385. The van der Waals surface area contributed by atoms with E-state index in [2.05, 4.69) is 10.6 Å². The van der Waals surface area contributed by atoms with Gasteiger partial charge in [-0.05, 0) is 38.1 Å². The summed E-state index contributed by atoms with van der Waals surface area (Å²) in [4.78, 5) is 0. The van der Waals surface area contributed by atoms with E-state index in [1.54, 1.807) is 7.05 Å². The van der Waals surface area contributed by atoms with Crippen LogP contribution in [-0.2, 0) is 0 Å². The predicted molar refractivity (Wildman–Crippen MR) is 59.2 cm³/mol. The lowest BCUT2D eigenvalue weighted by Crippen LogP contribution is -2.31. The van der Waals surface area contributed by atoms with Gasteiger partial charge >= 0.3 is 0 Å². The maximum absolute atomic E-state index is 13.5. The molecule has 88 valence electrons. The van der Waals surface area contributed by atoms with Gasteiger partial charge in [-0.1, -0.05) is 0 Å². The van der Waals surface area contributed by atoms with Crippen molar-refractivity contribution in [2.24, 2.45) is 0 Å². The number of halogens is 2. The Balaban J connectivity index is 2.07. The van der Waals surface area contributed by atoms with Gasteiger partial charge in [0.05, 0.1) is 0 Å². The molecular formula is C12H16F2N2. The largest absolute Gasteiger partial charge is 0.312 e. The van der Waals surface area contributed by atoms with Crippen molar-refractivity contribution in [3.63, 3.8) is 0 Å². The highest BCUT2D eigenvalue weighted by molar-refractivity contribution is 5.22. The van der Waals surface area contributed by atoms with Crippen molar-refractivity contribution in [2.45, 2.75) is 24.9 Å².